The SMILES string of the molecule is Cc1ccc(SCc2noc(C3(N)CCOCC3)n2)cc1. The zero-order valence-corrected chi connectivity index (χ0v) is 12.9. The molecule has 1 aromatic carbocycles. The summed E-state index contributed by atoms with van der Waals surface area (Å²) in [6.07, 6.45) is 1.44. The number of rotatable bonds is 4. The van der Waals surface area contributed by atoms with Crippen molar-refractivity contribution in [2.45, 2.75) is 36.0 Å². The van der Waals surface area contributed by atoms with Gasteiger partial charge < -0.3 is 15.0 Å². The molecule has 2 aromatic rings. The fourth-order valence-corrected chi connectivity index (χ4v) is 2.99. The molecular formula is C15H19N3O2S. The monoisotopic (exact) mass is 305 g/mol. The van der Waals surface area contributed by atoms with Gasteiger partial charge in [0.1, 0.15) is 5.54 Å². The predicted molar refractivity (Wildman–Crippen MR) is 81.0 cm³/mol. The summed E-state index contributed by atoms with van der Waals surface area (Å²) in [5, 5.41) is 4.04. The van der Waals surface area contributed by atoms with Gasteiger partial charge in [0.05, 0.1) is 5.75 Å². The molecule has 1 fully saturated rings. The Balaban J connectivity index is 1.63. The molecule has 5 nitrogen and oxygen atoms in total. The summed E-state index contributed by atoms with van der Waals surface area (Å²) in [5.41, 5.74) is 7.06. The molecule has 0 spiro atoms. The minimum atomic E-state index is -0.530. The molecule has 3 rings (SSSR count). The normalized spacial score (nSPS) is 17.8. The Labute approximate surface area is 128 Å². The first-order valence-corrected chi connectivity index (χ1v) is 8.03. The topological polar surface area (TPSA) is 74.2 Å². The van der Waals surface area contributed by atoms with E-state index in [-0.39, 0.29) is 0 Å². The number of benzene rings is 1. The van der Waals surface area contributed by atoms with Crippen LogP contribution in [-0.4, -0.2) is 23.4 Å². The largest absolute Gasteiger partial charge is 0.381 e. The lowest BCUT2D eigenvalue weighted by molar-refractivity contribution is 0.0400. The van der Waals surface area contributed by atoms with Gasteiger partial charge >= 0.3 is 0 Å². The van der Waals surface area contributed by atoms with Crippen molar-refractivity contribution in [3.8, 4) is 0 Å². The van der Waals surface area contributed by atoms with Crippen LogP contribution < -0.4 is 5.73 Å². The van der Waals surface area contributed by atoms with Crippen molar-refractivity contribution < 1.29 is 9.26 Å². The molecule has 1 saturated heterocycles. The highest BCUT2D eigenvalue weighted by Crippen LogP contribution is 2.29. The highest BCUT2D eigenvalue weighted by Gasteiger charge is 2.35. The maximum atomic E-state index is 6.33. The first-order chi connectivity index (χ1) is 10.2. The van der Waals surface area contributed by atoms with Gasteiger partial charge in [-0.05, 0) is 31.9 Å². The van der Waals surface area contributed by atoms with Crippen molar-refractivity contribution in [3.63, 3.8) is 0 Å². The van der Waals surface area contributed by atoms with E-state index < -0.39 is 5.54 Å². The molecule has 0 radical (unpaired) electrons. The highest BCUT2D eigenvalue weighted by atomic mass is 32.2. The predicted octanol–water partition coefficient (Wildman–Crippen LogP) is 2.63. The molecule has 2 heterocycles. The van der Waals surface area contributed by atoms with Crippen molar-refractivity contribution in [1.82, 2.24) is 10.1 Å². The van der Waals surface area contributed by atoms with E-state index in [9.17, 15) is 0 Å². The molecule has 0 unspecified atom stereocenters. The summed E-state index contributed by atoms with van der Waals surface area (Å²) < 4.78 is 10.7. The first-order valence-electron chi connectivity index (χ1n) is 7.05. The fraction of sp³-hybridized carbons (Fsp3) is 0.467. The third-order valence-electron chi connectivity index (χ3n) is 3.67. The molecule has 21 heavy (non-hydrogen) atoms. The number of hydrogen-bond acceptors (Lipinski definition) is 6. The number of hydrogen-bond donors (Lipinski definition) is 1. The maximum Gasteiger partial charge on any atom is 0.246 e. The average Bonchev–Trinajstić information content (AvgIpc) is 2.97. The summed E-state index contributed by atoms with van der Waals surface area (Å²) in [4.78, 5) is 5.65. The van der Waals surface area contributed by atoms with E-state index in [2.05, 4.69) is 41.3 Å². The molecule has 1 aliphatic rings. The summed E-state index contributed by atoms with van der Waals surface area (Å²) >= 11 is 1.69. The quantitative estimate of drug-likeness (QED) is 0.875. The molecule has 1 aromatic heterocycles. The number of ether oxygens (including phenoxy) is 1. The Hall–Kier alpha value is -1.37. The smallest absolute Gasteiger partial charge is 0.246 e. The Morgan fingerprint density at radius 2 is 1.95 bits per heavy atom. The number of nitrogens with zero attached hydrogens (tertiary/aromatic N) is 2. The van der Waals surface area contributed by atoms with Gasteiger partial charge in [-0.3, -0.25) is 0 Å². The summed E-state index contributed by atoms with van der Waals surface area (Å²) in [5.74, 6) is 1.90. The first kappa shape index (κ1) is 14.6. The summed E-state index contributed by atoms with van der Waals surface area (Å²) in [7, 11) is 0. The molecule has 0 amide bonds. The van der Waals surface area contributed by atoms with Crippen LogP contribution in [0.1, 0.15) is 30.1 Å². The number of aromatic nitrogens is 2. The van der Waals surface area contributed by atoms with Gasteiger partial charge in [0.15, 0.2) is 5.82 Å². The summed E-state index contributed by atoms with van der Waals surface area (Å²) in [6.45, 7) is 3.37. The van der Waals surface area contributed by atoms with Crippen molar-refractivity contribution in [2.75, 3.05) is 13.2 Å². The van der Waals surface area contributed by atoms with Crippen molar-refractivity contribution in [2.24, 2.45) is 5.73 Å². The molecule has 2 N–H and O–H groups in total. The van der Waals surface area contributed by atoms with Gasteiger partial charge in [0, 0.05) is 18.1 Å². The van der Waals surface area contributed by atoms with Gasteiger partial charge in [0.2, 0.25) is 5.89 Å². The molecule has 0 saturated carbocycles. The van der Waals surface area contributed by atoms with Gasteiger partial charge in [-0.1, -0.05) is 22.9 Å². The van der Waals surface area contributed by atoms with Crippen LogP contribution >= 0.6 is 11.8 Å². The second-order valence-corrected chi connectivity index (χ2v) is 6.43. The Morgan fingerprint density at radius 1 is 1.24 bits per heavy atom. The van der Waals surface area contributed by atoms with Crippen LogP contribution in [0.5, 0.6) is 0 Å². The van der Waals surface area contributed by atoms with E-state index >= 15 is 0 Å². The molecule has 6 heteroatoms. The lowest BCUT2D eigenvalue weighted by atomic mass is 9.91. The standard InChI is InChI=1S/C15H19N3O2S/c1-11-2-4-12(5-3-11)21-10-13-17-14(20-18-13)15(16)6-8-19-9-7-15/h2-5H,6-10,16H2,1H3. The lowest BCUT2D eigenvalue weighted by Crippen LogP contribution is -2.42. The Bertz CT molecular complexity index is 591. The van der Waals surface area contributed by atoms with Crippen LogP contribution in [-0.2, 0) is 16.0 Å². The maximum absolute atomic E-state index is 6.33. The van der Waals surface area contributed by atoms with Gasteiger partial charge in [-0.15, -0.1) is 11.8 Å². The van der Waals surface area contributed by atoms with E-state index in [0.717, 1.165) is 12.8 Å². The Kier molecular flexibility index (Phi) is 4.28. The average molecular weight is 305 g/mol. The number of aryl methyl sites for hydroxylation is 1. The molecule has 0 atom stereocenters. The van der Waals surface area contributed by atoms with Crippen molar-refractivity contribution in [3.05, 3.63) is 41.5 Å². The fourth-order valence-electron chi connectivity index (χ4n) is 2.25. The lowest BCUT2D eigenvalue weighted by Gasteiger charge is -2.29. The molecule has 0 bridgehead atoms. The van der Waals surface area contributed by atoms with Crippen LogP contribution in [0.3, 0.4) is 0 Å². The molecular weight excluding hydrogens is 286 g/mol. The molecule has 1 aliphatic heterocycles. The van der Waals surface area contributed by atoms with Crippen LogP contribution in [0, 0.1) is 6.92 Å². The van der Waals surface area contributed by atoms with Crippen LogP contribution in [0.4, 0.5) is 0 Å². The van der Waals surface area contributed by atoms with Gasteiger partial charge in [-0.25, -0.2) is 0 Å². The molecule has 0 aliphatic carbocycles. The summed E-state index contributed by atoms with van der Waals surface area (Å²) in [6, 6.07) is 8.40. The van der Waals surface area contributed by atoms with Crippen molar-refractivity contribution >= 4 is 11.8 Å². The zero-order chi connectivity index (χ0) is 14.7. The second-order valence-electron chi connectivity index (χ2n) is 5.39. The van der Waals surface area contributed by atoms with E-state index in [4.69, 9.17) is 15.0 Å². The van der Waals surface area contributed by atoms with Gasteiger partial charge in [-0.2, -0.15) is 4.98 Å². The number of nitrogens with two attached hydrogens (primary N) is 1. The van der Waals surface area contributed by atoms with Crippen LogP contribution in [0.25, 0.3) is 0 Å². The van der Waals surface area contributed by atoms with Crippen LogP contribution in [0.2, 0.25) is 0 Å². The molecule has 112 valence electrons. The van der Waals surface area contributed by atoms with Crippen LogP contribution in [0.15, 0.2) is 33.7 Å². The third kappa shape index (κ3) is 3.45. The number of thioether (sulfide) groups is 1. The van der Waals surface area contributed by atoms with E-state index in [0.29, 0.717) is 30.7 Å². The van der Waals surface area contributed by atoms with E-state index in [1.807, 2.05) is 0 Å². The Morgan fingerprint density at radius 3 is 2.67 bits per heavy atom. The second kappa shape index (κ2) is 6.17. The van der Waals surface area contributed by atoms with Gasteiger partial charge in [0.25, 0.3) is 0 Å². The third-order valence-corrected chi connectivity index (χ3v) is 4.68. The highest BCUT2D eigenvalue weighted by molar-refractivity contribution is 7.98. The van der Waals surface area contributed by atoms with E-state index in [1.54, 1.807) is 11.8 Å². The minimum Gasteiger partial charge on any atom is -0.381 e. The van der Waals surface area contributed by atoms with E-state index in [1.165, 1.54) is 10.5 Å². The van der Waals surface area contributed by atoms with Crippen molar-refractivity contribution in [1.29, 1.82) is 0 Å². The zero-order valence-electron chi connectivity index (χ0n) is 12.0. The minimum absolute atomic E-state index is 0.530.